The van der Waals surface area contributed by atoms with E-state index in [1.54, 1.807) is 13.8 Å². The van der Waals surface area contributed by atoms with Crippen molar-refractivity contribution in [3.05, 3.63) is 11.1 Å². The zero-order valence-electron chi connectivity index (χ0n) is 13.7. The maximum absolute atomic E-state index is 13.3. The van der Waals surface area contributed by atoms with Gasteiger partial charge in [-0.3, -0.25) is 19.9 Å². The number of β-lactam (4-membered cyclic amide) rings is 1. The second-order valence-electron chi connectivity index (χ2n) is 5.57. The lowest BCUT2D eigenvalue weighted by Crippen LogP contribution is -2.72. The summed E-state index contributed by atoms with van der Waals surface area (Å²) in [4.78, 5) is 28.9. The third kappa shape index (κ3) is 3.47. The van der Waals surface area contributed by atoms with Gasteiger partial charge in [-0.05, 0) is 13.8 Å². The molecular weight excluding hydrogens is 393 g/mol. The van der Waals surface area contributed by atoms with E-state index < -0.39 is 40.9 Å². The van der Waals surface area contributed by atoms with Crippen molar-refractivity contribution in [3.63, 3.8) is 0 Å². The fourth-order valence-electron chi connectivity index (χ4n) is 2.40. The van der Waals surface area contributed by atoms with Crippen molar-refractivity contribution in [2.24, 2.45) is 10.9 Å². The molecule has 144 valence electrons. The molecule has 1 aliphatic heterocycles. The second kappa shape index (κ2) is 7.13. The Morgan fingerprint density at radius 3 is 2.65 bits per heavy atom. The Labute approximate surface area is 151 Å². The van der Waals surface area contributed by atoms with Crippen LogP contribution >= 0.6 is 11.3 Å². The Kier molecular flexibility index (Phi) is 5.48. The number of hydrogen-bond donors (Lipinski definition) is 3. The minimum absolute atomic E-state index is 0.0112. The number of nitrogen functional groups attached to an aromatic ring is 1. The summed E-state index contributed by atoms with van der Waals surface area (Å²) in [5, 5.41) is 4.96. The van der Waals surface area contributed by atoms with Gasteiger partial charge in [0.15, 0.2) is 5.69 Å². The average Bonchev–Trinajstić information content (AvgIpc) is 2.84. The van der Waals surface area contributed by atoms with Crippen LogP contribution in [0.2, 0.25) is 0 Å². The zero-order valence-corrected chi connectivity index (χ0v) is 15.3. The molecule has 0 aromatic carbocycles. The number of nitrogens with two attached hydrogens (primary N) is 2. The highest BCUT2D eigenvalue weighted by atomic mass is 32.2. The Balaban J connectivity index is 2.53. The van der Waals surface area contributed by atoms with Crippen molar-refractivity contribution < 1.29 is 36.4 Å². The van der Waals surface area contributed by atoms with Gasteiger partial charge in [0.1, 0.15) is 18.8 Å². The van der Waals surface area contributed by atoms with Crippen molar-refractivity contribution in [3.8, 4) is 0 Å². The molecule has 1 aromatic rings. The van der Waals surface area contributed by atoms with Gasteiger partial charge in [-0.1, -0.05) is 16.5 Å². The second-order valence-corrected chi connectivity index (χ2v) is 7.74. The number of carbonyl (C=O) groups excluding carboxylic acids is 2. The number of alkyl halides is 1. The highest BCUT2D eigenvalue weighted by Gasteiger charge is 2.58. The number of primary amides is 1. The molecule has 1 saturated heterocycles. The number of halogens is 1. The van der Waals surface area contributed by atoms with E-state index >= 15 is 0 Å². The predicted molar refractivity (Wildman–Crippen MR) is 88.1 cm³/mol. The molecule has 2 amide bonds. The molecule has 2 atom stereocenters. The van der Waals surface area contributed by atoms with Crippen LogP contribution in [0.15, 0.2) is 10.5 Å². The standard InChI is InChI=1S/C12H16FN5O6S2/c1-5(2)24-16-8(10(14)19)7-4-25-12(15)17(7)9-6(3-13)18(11(9)20)26(21,22)23/h4-6,9,15H,3H2,1-2H3,(H3,14,19,21,22,23)/p+1/b16-8-/t6-,9-/m0/s1. The minimum atomic E-state index is -4.94. The Morgan fingerprint density at radius 1 is 1.58 bits per heavy atom. The Morgan fingerprint density at radius 2 is 2.19 bits per heavy atom. The van der Waals surface area contributed by atoms with Crippen LogP contribution < -0.4 is 16.0 Å². The highest BCUT2D eigenvalue weighted by Crippen LogP contribution is 2.32. The van der Waals surface area contributed by atoms with Crippen LogP contribution in [0.1, 0.15) is 25.6 Å². The lowest BCUT2D eigenvalue weighted by molar-refractivity contribution is -0.704. The van der Waals surface area contributed by atoms with Crippen LogP contribution in [0, 0.1) is 0 Å². The maximum atomic E-state index is 13.3. The van der Waals surface area contributed by atoms with Gasteiger partial charge in [-0.15, -0.1) is 0 Å². The normalized spacial score (nSPS) is 21.0. The monoisotopic (exact) mass is 410 g/mol. The number of thiazole rings is 1. The van der Waals surface area contributed by atoms with Crippen molar-refractivity contribution >= 4 is 44.3 Å². The summed E-state index contributed by atoms with van der Waals surface area (Å²) in [6.45, 7) is 2.02. The van der Waals surface area contributed by atoms with Crippen molar-refractivity contribution in [2.75, 3.05) is 12.4 Å². The Bertz CT molecular complexity index is 867. The molecule has 1 fully saturated rings. The molecule has 1 aliphatic rings. The molecule has 2 heterocycles. The molecule has 0 unspecified atom stereocenters. The fourth-order valence-corrected chi connectivity index (χ4v) is 4.03. The van der Waals surface area contributed by atoms with Crippen molar-refractivity contribution in [1.82, 2.24) is 4.31 Å². The zero-order chi connectivity index (χ0) is 19.8. The predicted octanol–water partition coefficient (Wildman–Crippen LogP) is -1.24. The first-order chi connectivity index (χ1) is 12.0. The van der Waals surface area contributed by atoms with Gasteiger partial charge >= 0.3 is 15.4 Å². The van der Waals surface area contributed by atoms with E-state index in [1.165, 1.54) is 5.38 Å². The van der Waals surface area contributed by atoms with E-state index in [9.17, 15) is 22.4 Å². The van der Waals surface area contributed by atoms with Gasteiger partial charge in [0, 0.05) is 5.38 Å². The molecule has 0 bridgehead atoms. The Hall–Kier alpha value is -2.32. The number of hydrogen-bond acceptors (Lipinski definition) is 8. The third-order valence-corrected chi connectivity index (χ3v) is 5.17. The molecule has 0 saturated carbocycles. The molecule has 26 heavy (non-hydrogen) atoms. The summed E-state index contributed by atoms with van der Waals surface area (Å²) in [5.74, 6) is -2.10. The number of amides is 2. The smallest absolute Gasteiger partial charge is 0.362 e. The summed E-state index contributed by atoms with van der Waals surface area (Å²) in [6, 6.07) is -2.93. The molecule has 14 heteroatoms. The van der Waals surface area contributed by atoms with Gasteiger partial charge in [-0.25, -0.2) is 13.3 Å². The van der Waals surface area contributed by atoms with Gasteiger partial charge in [-0.2, -0.15) is 8.42 Å². The molecule has 5 N–H and O–H groups in total. The van der Waals surface area contributed by atoms with Crippen LogP contribution in [0.4, 0.5) is 9.52 Å². The lowest BCUT2D eigenvalue weighted by atomic mass is 9.99. The number of carbonyl (C=O) groups is 2. The molecule has 0 aliphatic carbocycles. The summed E-state index contributed by atoms with van der Waals surface area (Å²) in [7, 11) is -4.94. The number of nitrogens with zero attached hydrogens (tertiary/aromatic N) is 3. The van der Waals surface area contributed by atoms with Crippen molar-refractivity contribution in [2.45, 2.75) is 32.0 Å². The first kappa shape index (κ1) is 20.0. The van der Waals surface area contributed by atoms with Gasteiger partial charge < -0.3 is 10.6 Å². The lowest BCUT2D eigenvalue weighted by Gasteiger charge is -2.40. The number of rotatable bonds is 7. The summed E-state index contributed by atoms with van der Waals surface area (Å²) >= 11 is 0.903. The molecular formula is C12H17FN5O6S2+. The number of anilines is 1. The largest absolute Gasteiger partial charge is 0.392 e. The SMILES string of the molecule is CC(C)O/N=C(\C(N)=O)c1csc(N)[n+]1[C@@H]1C(=O)N(S(=O)(=O)O)[C@H]1CF. The highest BCUT2D eigenvalue weighted by molar-refractivity contribution is 7.84. The molecule has 1 aromatic heterocycles. The van der Waals surface area contributed by atoms with Gasteiger partial charge in [0.05, 0.1) is 0 Å². The van der Waals surface area contributed by atoms with Gasteiger partial charge in [0.25, 0.3) is 11.8 Å². The average molecular weight is 410 g/mol. The quantitative estimate of drug-likeness (QED) is 0.166. The van der Waals surface area contributed by atoms with Crippen LogP contribution in [0.5, 0.6) is 0 Å². The van der Waals surface area contributed by atoms with E-state index in [-0.39, 0.29) is 26.9 Å². The molecule has 0 spiro atoms. The van der Waals surface area contributed by atoms with Crippen LogP contribution in [-0.2, 0) is 24.7 Å². The first-order valence-electron chi connectivity index (χ1n) is 7.19. The van der Waals surface area contributed by atoms with Crippen LogP contribution in [-0.4, -0.2) is 53.6 Å². The minimum Gasteiger partial charge on any atom is -0.392 e. The molecule has 0 radical (unpaired) electrons. The molecule has 2 rings (SSSR count). The summed E-state index contributed by atoms with van der Waals surface area (Å²) in [5.41, 5.74) is 10.7. The third-order valence-electron chi connectivity index (χ3n) is 3.44. The van der Waals surface area contributed by atoms with E-state index in [1.807, 2.05) is 0 Å². The topological polar surface area (TPSA) is 169 Å². The van der Waals surface area contributed by atoms with E-state index in [4.69, 9.17) is 20.9 Å². The fraction of sp³-hybridized carbons (Fsp3) is 0.500. The summed E-state index contributed by atoms with van der Waals surface area (Å²) in [6.07, 6.45) is -0.382. The van der Waals surface area contributed by atoms with Gasteiger partial charge in [0.2, 0.25) is 11.8 Å². The van der Waals surface area contributed by atoms with E-state index in [0.717, 1.165) is 15.9 Å². The number of oxime groups is 1. The van der Waals surface area contributed by atoms with Crippen LogP contribution in [0.25, 0.3) is 0 Å². The van der Waals surface area contributed by atoms with Crippen LogP contribution in [0.3, 0.4) is 0 Å². The summed E-state index contributed by atoms with van der Waals surface area (Å²) < 4.78 is 45.9. The first-order valence-corrected chi connectivity index (χ1v) is 9.47. The van der Waals surface area contributed by atoms with E-state index in [0.29, 0.717) is 0 Å². The van der Waals surface area contributed by atoms with Crippen molar-refractivity contribution in [1.29, 1.82) is 0 Å². The van der Waals surface area contributed by atoms with E-state index in [2.05, 4.69) is 5.16 Å². The number of aromatic nitrogens is 1. The maximum Gasteiger partial charge on any atom is 0.362 e. The molecule has 11 nitrogen and oxygen atoms in total.